The van der Waals surface area contributed by atoms with Gasteiger partial charge in [-0.3, -0.25) is 20.3 Å². The van der Waals surface area contributed by atoms with E-state index in [4.69, 9.17) is 4.74 Å². The van der Waals surface area contributed by atoms with Crippen molar-refractivity contribution in [2.45, 2.75) is 12.7 Å². The quantitative estimate of drug-likeness (QED) is 0.791. The van der Waals surface area contributed by atoms with Crippen LogP contribution < -0.4 is 15.6 Å². The van der Waals surface area contributed by atoms with Crippen molar-refractivity contribution >= 4 is 11.6 Å². The Bertz CT molecular complexity index is 723. The maximum atomic E-state index is 12.4. The highest BCUT2D eigenvalue weighted by Crippen LogP contribution is 2.27. The highest BCUT2D eigenvalue weighted by atomic mass is 19.4. The van der Waals surface area contributed by atoms with Crippen molar-refractivity contribution in [3.8, 4) is 5.75 Å². The van der Waals surface area contributed by atoms with Gasteiger partial charge in [-0.15, -0.1) is 0 Å². The Morgan fingerprint density at radius 3 is 2.46 bits per heavy atom. The van der Waals surface area contributed by atoms with Gasteiger partial charge in [-0.25, -0.2) is 0 Å². The zero-order valence-corrected chi connectivity index (χ0v) is 12.7. The molecule has 0 bridgehead atoms. The molecule has 1 heterocycles. The van der Waals surface area contributed by atoms with Crippen LogP contribution in [0.4, 0.5) is 13.2 Å². The zero-order valence-electron chi connectivity index (χ0n) is 12.7. The summed E-state index contributed by atoms with van der Waals surface area (Å²) in [6, 6.07) is 7.74. The molecule has 1 amide bonds. The summed E-state index contributed by atoms with van der Waals surface area (Å²) in [6.07, 6.45) is -3.46. The Kier molecular flexibility index (Phi) is 5.12. The van der Waals surface area contributed by atoms with Crippen molar-refractivity contribution in [1.29, 1.82) is 0 Å². The summed E-state index contributed by atoms with van der Waals surface area (Å²) >= 11 is 0. The van der Waals surface area contributed by atoms with Crippen LogP contribution >= 0.6 is 0 Å². The third kappa shape index (κ3) is 4.51. The van der Waals surface area contributed by atoms with Crippen molar-refractivity contribution in [1.82, 2.24) is 20.6 Å². The van der Waals surface area contributed by atoms with Crippen LogP contribution in [-0.2, 0) is 17.5 Å². The van der Waals surface area contributed by atoms with E-state index in [1.165, 1.54) is 0 Å². The van der Waals surface area contributed by atoms with Crippen LogP contribution in [0.5, 0.6) is 5.75 Å². The van der Waals surface area contributed by atoms with Crippen LogP contribution in [0, 0.1) is 0 Å². The Morgan fingerprint density at radius 1 is 1.25 bits per heavy atom. The molecule has 0 fully saturated rings. The van der Waals surface area contributed by atoms with Crippen LogP contribution in [0.2, 0.25) is 0 Å². The number of hydrogen-bond acceptors (Lipinski definition) is 4. The number of aromatic nitrogens is 2. The SMILES string of the molecule is C=C(NNC(=O)Cn1ccc(C(F)(F)F)n1)c1ccc(OC)cc1. The number of nitrogens with one attached hydrogen (secondary N) is 2. The normalized spacial score (nSPS) is 11.0. The number of hydrazine groups is 1. The summed E-state index contributed by atoms with van der Waals surface area (Å²) in [6.45, 7) is 3.40. The molecular formula is C15H15F3N4O2. The van der Waals surface area contributed by atoms with Crippen LogP contribution in [-0.4, -0.2) is 22.8 Å². The second-order valence-corrected chi connectivity index (χ2v) is 4.78. The summed E-state index contributed by atoms with van der Waals surface area (Å²) in [5.41, 5.74) is 5.03. The molecule has 0 aliphatic heterocycles. The van der Waals surface area contributed by atoms with E-state index in [0.29, 0.717) is 11.4 Å². The van der Waals surface area contributed by atoms with Gasteiger partial charge >= 0.3 is 6.18 Å². The van der Waals surface area contributed by atoms with Crippen molar-refractivity contribution < 1.29 is 22.7 Å². The molecule has 0 radical (unpaired) electrons. The van der Waals surface area contributed by atoms with E-state index < -0.39 is 17.8 Å². The summed E-state index contributed by atoms with van der Waals surface area (Å²) in [4.78, 5) is 11.7. The molecule has 0 unspecified atom stereocenters. The van der Waals surface area contributed by atoms with E-state index in [1.807, 2.05) is 0 Å². The van der Waals surface area contributed by atoms with E-state index in [9.17, 15) is 18.0 Å². The van der Waals surface area contributed by atoms with Gasteiger partial charge in [0.1, 0.15) is 12.3 Å². The van der Waals surface area contributed by atoms with Crippen LogP contribution in [0.1, 0.15) is 11.3 Å². The van der Waals surface area contributed by atoms with Gasteiger partial charge in [0, 0.05) is 6.20 Å². The predicted octanol–water partition coefficient (Wildman–Crippen LogP) is 2.20. The molecule has 0 aliphatic rings. The van der Waals surface area contributed by atoms with Gasteiger partial charge in [0.15, 0.2) is 5.69 Å². The minimum atomic E-state index is -4.54. The lowest BCUT2D eigenvalue weighted by molar-refractivity contribution is -0.141. The molecule has 6 nitrogen and oxygen atoms in total. The smallest absolute Gasteiger partial charge is 0.435 e. The highest BCUT2D eigenvalue weighted by Gasteiger charge is 2.33. The first kappa shape index (κ1) is 17.4. The van der Waals surface area contributed by atoms with Crippen LogP contribution in [0.25, 0.3) is 5.70 Å². The zero-order chi connectivity index (χ0) is 17.7. The van der Waals surface area contributed by atoms with E-state index in [1.54, 1.807) is 31.4 Å². The summed E-state index contributed by atoms with van der Waals surface area (Å²) in [5, 5.41) is 3.29. The third-order valence-electron chi connectivity index (χ3n) is 3.03. The Morgan fingerprint density at radius 2 is 1.92 bits per heavy atom. The first-order chi connectivity index (χ1) is 11.3. The van der Waals surface area contributed by atoms with E-state index >= 15 is 0 Å². The number of halogens is 3. The maximum absolute atomic E-state index is 12.4. The fourth-order valence-corrected chi connectivity index (χ4v) is 1.80. The number of nitrogens with zero attached hydrogens (tertiary/aromatic N) is 2. The second kappa shape index (κ2) is 7.07. The Hall–Kier alpha value is -2.97. The lowest BCUT2D eigenvalue weighted by Crippen LogP contribution is -2.38. The summed E-state index contributed by atoms with van der Waals surface area (Å²) in [7, 11) is 1.54. The van der Waals surface area contributed by atoms with Gasteiger partial charge in [0.05, 0.1) is 12.8 Å². The van der Waals surface area contributed by atoms with Crippen molar-refractivity contribution in [2.75, 3.05) is 7.11 Å². The molecule has 2 N–H and O–H groups in total. The number of ether oxygens (including phenoxy) is 1. The van der Waals surface area contributed by atoms with E-state index in [-0.39, 0.29) is 6.54 Å². The number of hydrogen-bond donors (Lipinski definition) is 2. The molecule has 0 spiro atoms. The number of carbonyl (C=O) groups is 1. The number of methoxy groups -OCH3 is 1. The number of carbonyl (C=O) groups excluding carboxylic acids is 1. The first-order valence-corrected chi connectivity index (χ1v) is 6.78. The van der Waals surface area contributed by atoms with Gasteiger partial charge < -0.3 is 4.74 Å². The standard InChI is InChI=1S/C15H15F3N4O2/c1-10(11-3-5-12(24-2)6-4-11)19-20-14(23)9-22-8-7-13(21-22)15(16,17)18/h3-8,19H,1,9H2,2H3,(H,20,23). The molecule has 0 saturated heterocycles. The third-order valence-corrected chi connectivity index (χ3v) is 3.03. The van der Waals surface area contributed by atoms with E-state index in [0.717, 1.165) is 22.5 Å². The Balaban J connectivity index is 1.86. The number of benzene rings is 1. The van der Waals surface area contributed by atoms with Crippen molar-refractivity contribution in [3.63, 3.8) is 0 Å². The van der Waals surface area contributed by atoms with Gasteiger partial charge in [0.25, 0.3) is 5.91 Å². The predicted molar refractivity (Wildman–Crippen MR) is 80.5 cm³/mol. The highest BCUT2D eigenvalue weighted by molar-refractivity contribution is 5.76. The van der Waals surface area contributed by atoms with Gasteiger partial charge in [-0.2, -0.15) is 18.3 Å². The molecule has 0 aliphatic carbocycles. The number of rotatable bonds is 6. The molecule has 2 aromatic rings. The molecular weight excluding hydrogens is 325 g/mol. The largest absolute Gasteiger partial charge is 0.497 e. The molecule has 9 heteroatoms. The topological polar surface area (TPSA) is 68.2 Å². The maximum Gasteiger partial charge on any atom is 0.435 e. The monoisotopic (exact) mass is 340 g/mol. The molecule has 128 valence electrons. The first-order valence-electron chi connectivity index (χ1n) is 6.78. The fraction of sp³-hybridized carbons (Fsp3) is 0.200. The van der Waals surface area contributed by atoms with Crippen LogP contribution in [0.15, 0.2) is 43.1 Å². The van der Waals surface area contributed by atoms with Gasteiger partial charge in [-0.05, 0) is 35.9 Å². The lowest BCUT2D eigenvalue weighted by atomic mass is 10.2. The minimum Gasteiger partial charge on any atom is -0.497 e. The van der Waals surface area contributed by atoms with Crippen LogP contribution in [0.3, 0.4) is 0 Å². The number of alkyl halides is 3. The van der Waals surface area contributed by atoms with Gasteiger partial charge in [0.2, 0.25) is 0 Å². The molecule has 24 heavy (non-hydrogen) atoms. The van der Waals surface area contributed by atoms with Gasteiger partial charge in [-0.1, -0.05) is 6.58 Å². The molecule has 0 atom stereocenters. The second-order valence-electron chi connectivity index (χ2n) is 4.78. The fourth-order valence-electron chi connectivity index (χ4n) is 1.80. The molecule has 0 saturated carbocycles. The molecule has 1 aromatic heterocycles. The number of amides is 1. The average molecular weight is 340 g/mol. The molecule has 1 aromatic carbocycles. The lowest BCUT2D eigenvalue weighted by Gasteiger charge is -2.11. The summed E-state index contributed by atoms with van der Waals surface area (Å²) < 4.78 is 43.2. The van der Waals surface area contributed by atoms with Crippen molar-refractivity contribution in [3.05, 3.63) is 54.4 Å². The Labute approximate surface area is 135 Å². The average Bonchev–Trinajstić information content (AvgIpc) is 3.01. The molecule has 2 rings (SSSR count). The van der Waals surface area contributed by atoms with E-state index in [2.05, 4.69) is 22.5 Å². The van der Waals surface area contributed by atoms with Crippen molar-refractivity contribution in [2.24, 2.45) is 0 Å². The minimum absolute atomic E-state index is 0.362. The summed E-state index contributed by atoms with van der Waals surface area (Å²) in [5.74, 6) is 0.108.